The monoisotopic (exact) mass is 311 g/mol. The Labute approximate surface area is 132 Å². The number of rotatable bonds is 5. The minimum absolute atomic E-state index is 0.0897. The average molecular weight is 311 g/mol. The van der Waals surface area contributed by atoms with Crippen molar-refractivity contribution in [2.75, 3.05) is 19.8 Å². The Kier molecular flexibility index (Phi) is 4.50. The summed E-state index contributed by atoms with van der Waals surface area (Å²) in [7, 11) is 0. The molecule has 3 rings (SSSR count). The number of ether oxygens (including phenoxy) is 1. The predicted molar refractivity (Wildman–Crippen MR) is 89.9 cm³/mol. The van der Waals surface area contributed by atoms with E-state index in [2.05, 4.69) is 0 Å². The van der Waals surface area contributed by atoms with E-state index in [1.807, 2.05) is 24.3 Å². The zero-order valence-corrected chi connectivity index (χ0v) is 12.6. The normalized spacial score (nSPS) is 11.2. The van der Waals surface area contributed by atoms with E-state index in [1.54, 1.807) is 24.3 Å². The lowest BCUT2D eigenvalue weighted by Crippen LogP contribution is -2.32. The summed E-state index contributed by atoms with van der Waals surface area (Å²) >= 11 is 0. The van der Waals surface area contributed by atoms with Crippen LogP contribution in [-0.2, 0) is 11.3 Å². The first kappa shape index (κ1) is 15.4. The maximum atomic E-state index is 12.8. The van der Waals surface area contributed by atoms with Crippen LogP contribution in [0.5, 0.6) is 0 Å². The van der Waals surface area contributed by atoms with E-state index in [4.69, 9.17) is 9.84 Å². The minimum atomic E-state index is -0.325. The summed E-state index contributed by atoms with van der Waals surface area (Å²) in [5.41, 5.74) is -0.649. The van der Waals surface area contributed by atoms with Gasteiger partial charge in [0.1, 0.15) is 0 Å². The molecular weight excluding hydrogens is 294 g/mol. The van der Waals surface area contributed by atoms with Crippen LogP contribution in [0, 0.1) is 0 Å². The van der Waals surface area contributed by atoms with Crippen LogP contribution in [0.25, 0.3) is 21.5 Å². The van der Waals surface area contributed by atoms with Gasteiger partial charge in [-0.15, -0.1) is 0 Å². The van der Waals surface area contributed by atoms with E-state index in [0.29, 0.717) is 10.8 Å². The number of aliphatic hydroxyl groups is 1. The largest absolute Gasteiger partial charge is 0.394 e. The zero-order valence-electron chi connectivity index (χ0n) is 12.6. The number of aromatic nitrogens is 1. The Morgan fingerprint density at radius 2 is 1.26 bits per heavy atom. The molecule has 23 heavy (non-hydrogen) atoms. The summed E-state index contributed by atoms with van der Waals surface area (Å²) in [6.45, 7) is 0.444. The molecule has 1 N–H and O–H groups in total. The van der Waals surface area contributed by atoms with Gasteiger partial charge in [0.15, 0.2) is 0 Å². The highest BCUT2D eigenvalue weighted by Gasteiger charge is 2.10. The number of hydrogen-bond acceptors (Lipinski definition) is 4. The molecule has 2 aromatic carbocycles. The van der Waals surface area contributed by atoms with E-state index >= 15 is 0 Å². The van der Waals surface area contributed by atoms with Crippen LogP contribution in [0.3, 0.4) is 0 Å². The molecule has 0 atom stereocenters. The van der Waals surface area contributed by atoms with Gasteiger partial charge in [0.25, 0.3) is 11.1 Å². The fourth-order valence-electron chi connectivity index (χ4n) is 2.72. The van der Waals surface area contributed by atoms with Crippen molar-refractivity contribution >= 4 is 21.5 Å². The van der Waals surface area contributed by atoms with Gasteiger partial charge in [0, 0.05) is 10.8 Å². The molecule has 0 bridgehead atoms. The molecule has 5 nitrogen and oxygen atoms in total. The van der Waals surface area contributed by atoms with Gasteiger partial charge >= 0.3 is 0 Å². The van der Waals surface area contributed by atoms with E-state index in [0.717, 1.165) is 10.8 Å². The maximum Gasteiger partial charge on any atom is 0.261 e. The van der Waals surface area contributed by atoms with E-state index in [1.165, 1.54) is 4.57 Å². The lowest BCUT2D eigenvalue weighted by molar-refractivity contribution is 0.0863. The highest BCUT2D eigenvalue weighted by Crippen LogP contribution is 2.19. The molecular formula is C18H17NO4. The van der Waals surface area contributed by atoms with Gasteiger partial charge in [-0.2, -0.15) is 0 Å². The molecule has 0 aliphatic heterocycles. The summed E-state index contributed by atoms with van der Waals surface area (Å²) in [5.74, 6) is 0. The average Bonchev–Trinajstić information content (AvgIpc) is 2.68. The van der Waals surface area contributed by atoms with Crippen LogP contribution in [0.4, 0.5) is 0 Å². The van der Waals surface area contributed by atoms with E-state index < -0.39 is 0 Å². The van der Waals surface area contributed by atoms with Crippen LogP contribution in [0.2, 0.25) is 0 Å². The Morgan fingerprint density at radius 3 is 1.74 bits per heavy atom. The molecule has 3 aromatic rings. The van der Waals surface area contributed by atoms with Crippen molar-refractivity contribution in [1.82, 2.24) is 4.57 Å². The minimum Gasteiger partial charge on any atom is -0.394 e. The SMILES string of the molecule is O=c1c2ccccc2c2ccccc2c(=O)n1CCOCCO. The molecule has 0 amide bonds. The van der Waals surface area contributed by atoms with Crippen molar-refractivity contribution in [2.24, 2.45) is 0 Å². The van der Waals surface area contributed by atoms with Crippen molar-refractivity contribution in [3.63, 3.8) is 0 Å². The van der Waals surface area contributed by atoms with Crippen LogP contribution < -0.4 is 11.1 Å². The van der Waals surface area contributed by atoms with Crippen LogP contribution >= 0.6 is 0 Å². The highest BCUT2D eigenvalue weighted by molar-refractivity contribution is 6.05. The van der Waals surface area contributed by atoms with Crippen LogP contribution in [-0.4, -0.2) is 29.5 Å². The smallest absolute Gasteiger partial charge is 0.261 e. The van der Waals surface area contributed by atoms with Gasteiger partial charge in [-0.25, -0.2) is 0 Å². The highest BCUT2D eigenvalue weighted by atomic mass is 16.5. The van der Waals surface area contributed by atoms with Crippen molar-refractivity contribution in [3.05, 3.63) is 69.2 Å². The van der Waals surface area contributed by atoms with Crippen molar-refractivity contribution in [1.29, 1.82) is 0 Å². The van der Waals surface area contributed by atoms with Gasteiger partial charge in [-0.05, 0) is 22.9 Å². The Balaban J connectivity index is 2.31. The quantitative estimate of drug-likeness (QED) is 0.726. The third kappa shape index (κ3) is 2.88. The second kappa shape index (κ2) is 6.73. The number of aliphatic hydroxyl groups excluding tert-OH is 1. The fourth-order valence-corrected chi connectivity index (χ4v) is 2.72. The summed E-state index contributed by atoms with van der Waals surface area (Å²) in [5, 5.41) is 11.3. The molecule has 0 spiro atoms. The standard InChI is InChI=1S/C18H17NO4/c20-10-12-23-11-9-19-17(21)15-7-3-1-5-13(15)14-6-2-4-8-16(14)18(19)22/h1-8,20H,9-12H2. The Bertz CT molecular complexity index is 890. The third-order valence-electron chi connectivity index (χ3n) is 3.79. The molecule has 0 unspecified atom stereocenters. The topological polar surface area (TPSA) is 68.5 Å². The van der Waals surface area contributed by atoms with Crippen molar-refractivity contribution < 1.29 is 9.84 Å². The summed E-state index contributed by atoms with van der Waals surface area (Å²) in [6, 6.07) is 14.4. The summed E-state index contributed by atoms with van der Waals surface area (Å²) in [4.78, 5) is 25.6. The molecule has 0 saturated carbocycles. The van der Waals surface area contributed by atoms with E-state index in [-0.39, 0.29) is 37.5 Å². The van der Waals surface area contributed by atoms with Gasteiger partial charge in [0.2, 0.25) is 0 Å². The molecule has 118 valence electrons. The number of fused-ring (bicyclic) bond motifs is 3. The number of nitrogens with zero attached hydrogens (tertiary/aromatic N) is 1. The number of benzene rings is 2. The third-order valence-corrected chi connectivity index (χ3v) is 3.79. The molecule has 1 heterocycles. The fraction of sp³-hybridized carbons (Fsp3) is 0.222. The lowest BCUT2D eigenvalue weighted by atomic mass is 10.1. The van der Waals surface area contributed by atoms with E-state index in [9.17, 15) is 9.59 Å². The number of hydrogen-bond donors (Lipinski definition) is 1. The molecule has 0 fully saturated rings. The van der Waals surface area contributed by atoms with Crippen LogP contribution in [0.1, 0.15) is 0 Å². The first-order valence-electron chi connectivity index (χ1n) is 7.47. The second-order valence-corrected chi connectivity index (χ2v) is 5.19. The van der Waals surface area contributed by atoms with Gasteiger partial charge in [0.05, 0.1) is 26.4 Å². The van der Waals surface area contributed by atoms with Crippen LogP contribution in [0.15, 0.2) is 58.1 Å². The van der Waals surface area contributed by atoms with Crippen molar-refractivity contribution in [3.8, 4) is 0 Å². The first-order chi connectivity index (χ1) is 11.2. The molecule has 0 aliphatic carbocycles. The Morgan fingerprint density at radius 1 is 0.783 bits per heavy atom. The molecule has 5 heteroatoms. The van der Waals surface area contributed by atoms with Gasteiger partial charge in [-0.3, -0.25) is 14.2 Å². The molecule has 1 aromatic heterocycles. The van der Waals surface area contributed by atoms with Gasteiger partial charge in [-0.1, -0.05) is 36.4 Å². The predicted octanol–water partition coefficient (Wildman–Crippen LogP) is 1.52. The summed E-state index contributed by atoms with van der Waals surface area (Å²) < 4.78 is 6.41. The van der Waals surface area contributed by atoms with Crippen molar-refractivity contribution in [2.45, 2.75) is 6.54 Å². The first-order valence-corrected chi connectivity index (χ1v) is 7.47. The maximum absolute atomic E-state index is 12.8. The Hall–Kier alpha value is -2.50. The summed E-state index contributed by atoms with van der Waals surface area (Å²) in [6.07, 6.45) is 0. The lowest BCUT2D eigenvalue weighted by Gasteiger charge is -2.03. The molecule has 0 saturated heterocycles. The second-order valence-electron chi connectivity index (χ2n) is 5.19. The molecule has 0 aliphatic rings. The van der Waals surface area contributed by atoms with Gasteiger partial charge < -0.3 is 9.84 Å². The zero-order chi connectivity index (χ0) is 16.2. The molecule has 0 radical (unpaired) electrons.